The van der Waals surface area contributed by atoms with Crippen molar-refractivity contribution >= 4 is 5.97 Å². The molecule has 0 bridgehead atoms. The van der Waals surface area contributed by atoms with Crippen molar-refractivity contribution in [2.24, 2.45) is 11.3 Å². The van der Waals surface area contributed by atoms with Gasteiger partial charge in [-0.05, 0) is 99.7 Å². The average molecular weight is 513 g/mol. The summed E-state index contributed by atoms with van der Waals surface area (Å²) in [6.07, 6.45) is 18.3. The third-order valence-corrected chi connectivity index (χ3v) is 9.54. The highest BCUT2D eigenvalue weighted by atomic mass is 16.6. The van der Waals surface area contributed by atoms with Gasteiger partial charge in [-0.15, -0.1) is 0 Å². The lowest BCUT2D eigenvalue weighted by molar-refractivity contribution is -0.166. The van der Waals surface area contributed by atoms with Gasteiger partial charge in [0.1, 0.15) is 12.2 Å². The Balaban J connectivity index is 1.36. The van der Waals surface area contributed by atoms with Crippen LogP contribution in [0.3, 0.4) is 0 Å². The van der Waals surface area contributed by atoms with Gasteiger partial charge in [-0.3, -0.25) is 0 Å². The molecule has 0 aromatic rings. The molecule has 2 N–H and O–H groups in total. The Kier molecular flexibility index (Phi) is 9.19. The Bertz CT molecular complexity index is 935. The van der Waals surface area contributed by atoms with Crippen LogP contribution >= 0.6 is 0 Å². The highest BCUT2D eigenvalue weighted by Gasteiger charge is 2.46. The molecule has 4 rings (SSSR count). The first-order valence-corrected chi connectivity index (χ1v) is 14.6. The fourth-order valence-electron chi connectivity index (χ4n) is 7.29. The van der Waals surface area contributed by atoms with Gasteiger partial charge in [-0.2, -0.15) is 0 Å². The second-order valence-corrected chi connectivity index (χ2v) is 12.4. The molecule has 0 aromatic heterocycles. The monoisotopic (exact) mass is 512 g/mol. The second kappa shape index (κ2) is 12.0. The number of ether oxygens (including phenoxy) is 2. The lowest BCUT2D eigenvalue weighted by Crippen LogP contribution is -2.36. The SMILES string of the molecule is C=C1/C(=C\C=C2/CCC[C@]3(C)C(C(C)OCC(=O)OC4(C)CCCCCCC4)=CC[C@@H]23)C[C@@H](O)C[C@@H]1O. The Morgan fingerprint density at radius 1 is 1.11 bits per heavy atom. The Morgan fingerprint density at radius 2 is 1.81 bits per heavy atom. The third-order valence-electron chi connectivity index (χ3n) is 9.54. The van der Waals surface area contributed by atoms with E-state index in [0.717, 1.165) is 62.5 Å². The minimum absolute atomic E-state index is 0.00357. The fraction of sp³-hybridized carbons (Fsp3) is 0.719. The van der Waals surface area contributed by atoms with Gasteiger partial charge in [0.15, 0.2) is 0 Å². The number of aliphatic hydroxyl groups is 2. The van der Waals surface area contributed by atoms with Crippen LogP contribution in [0.1, 0.15) is 104 Å². The summed E-state index contributed by atoms with van der Waals surface area (Å²) in [5, 5.41) is 20.3. The van der Waals surface area contributed by atoms with Gasteiger partial charge in [0.25, 0.3) is 0 Å². The molecule has 0 aromatic carbocycles. The summed E-state index contributed by atoms with van der Waals surface area (Å²) in [6.45, 7) is 10.5. The van der Waals surface area contributed by atoms with Crippen molar-refractivity contribution in [1.82, 2.24) is 0 Å². The molecule has 3 saturated carbocycles. The molecule has 0 aliphatic heterocycles. The van der Waals surface area contributed by atoms with Crippen molar-refractivity contribution in [2.75, 3.05) is 6.61 Å². The van der Waals surface area contributed by atoms with Crippen LogP contribution in [0, 0.1) is 11.3 Å². The minimum Gasteiger partial charge on any atom is -0.458 e. The molecule has 0 heterocycles. The average Bonchev–Trinajstić information content (AvgIpc) is 3.19. The van der Waals surface area contributed by atoms with Gasteiger partial charge in [-0.25, -0.2) is 4.79 Å². The molecule has 0 radical (unpaired) electrons. The number of rotatable bonds is 6. The van der Waals surface area contributed by atoms with E-state index in [0.29, 0.717) is 18.8 Å². The van der Waals surface area contributed by atoms with Crippen LogP contribution < -0.4 is 0 Å². The number of fused-ring (bicyclic) bond motifs is 1. The Labute approximate surface area is 223 Å². The summed E-state index contributed by atoms with van der Waals surface area (Å²) in [4.78, 5) is 12.7. The maximum Gasteiger partial charge on any atom is 0.332 e. The van der Waals surface area contributed by atoms with Crippen LogP contribution in [-0.4, -0.2) is 46.7 Å². The molecule has 5 heteroatoms. The number of hydrogen-bond acceptors (Lipinski definition) is 5. The molecule has 5 atom stereocenters. The summed E-state index contributed by atoms with van der Waals surface area (Å²) in [7, 11) is 0. The summed E-state index contributed by atoms with van der Waals surface area (Å²) >= 11 is 0. The molecule has 0 spiro atoms. The maximum absolute atomic E-state index is 12.7. The Hall–Kier alpha value is -1.69. The van der Waals surface area contributed by atoms with Gasteiger partial charge in [0.2, 0.25) is 0 Å². The van der Waals surface area contributed by atoms with Crippen LogP contribution in [-0.2, 0) is 14.3 Å². The van der Waals surface area contributed by atoms with Crippen molar-refractivity contribution in [2.45, 2.75) is 128 Å². The summed E-state index contributed by atoms with van der Waals surface area (Å²) < 4.78 is 12.1. The van der Waals surface area contributed by atoms with E-state index in [1.807, 2.05) is 0 Å². The number of hydrogen-bond donors (Lipinski definition) is 2. The number of carbonyl (C=O) groups is 1. The van der Waals surface area contributed by atoms with E-state index in [-0.39, 0.29) is 29.7 Å². The van der Waals surface area contributed by atoms with Crippen molar-refractivity contribution in [3.05, 3.63) is 47.1 Å². The topological polar surface area (TPSA) is 76.0 Å². The Morgan fingerprint density at radius 3 is 2.54 bits per heavy atom. The summed E-state index contributed by atoms with van der Waals surface area (Å²) in [5.41, 5.74) is 4.05. The molecule has 206 valence electrons. The van der Waals surface area contributed by atoms with Crippen molar-refractivity contribution in [3.8, 4) is 0 Å². The zero-order valence-corrected chi connectivity index (χ0v) is 23.3. The smallest absolute Gasteiger partial charge is 0.332 e. The minimum atomic E-state index is -0.663. The van der Waals surface area contributed by atoms with Crippen LogP contribution in [0.15, 0.2) is 47.1 Å². The van der Waals surface area contributed by atoms with E-state index in [2.05, 4.69) is 45.6 Å². The first-order chi connectivity index (χ1) is 17.6. The lowest BCUT2D eigenvalue weighted by atomic mass is 9.63. The van der Waals surface area contributed by atoms with E-state index in [9.17, 15) is 15.0 Å². The van der Waals surface area contributed by atoms with E-state index < -0.39 is 12.2 Å². The molecule has 4 aliphatic rings. The zero-order valence-electron chi connectivity index (χ0n) is 23.3. The summed E-state index contributed by atoms with van der Waals surface area (Å²) in [6, 6.07) is 0. The molecule has 0 saturated heterocycles. The fourth-order valence-corrected chi connectivity index (χ4v) is 7.29. The molecule has 0 amide bonds. The largest absolute Gasteiger partial charge is 0.458 e. The number of carbonyl (C=O) groups excluding carboxylic acids is 1. The quantitative estimate of drug-likeness (QED) is 0.314. The van der Waals surface area contributed by atoms with Crippen LogP contribution in [0.4, 0.5) is 0 Å². The van der Waals surface area contributed by atoms with Crippen LogP contribution in [0.2, 0.25) is 0 Å². The number of allylic oxidation sites excluding steroid dienone is 4. The molecule has 4 aliphatic carbocycles. The molecule has 37 heavy (non-hydrogen) atoms. The van der Waals surface area contributed by atoms with Gasteiger partial charge < -0.3 is 19.7 Å². The van der Waals surface area contributed by atoms with E-state index in [1.165, 1.54) is 30.4 Å². The molecule has 3 fully saturated rings. The van der Waals surface area contributed by atoms with Gasteiger partial charge in [-0.1, -0.05) is 56.6 Å². The van der Waals surface area contributed by atoms with E-state index in [4.69, 9.17) is 9.47 Å². The summed E-state index contributed by atoms with van der Waals surface area (Å²) in [5.74, 6) is 0.162. The predicted molar refractivity (Wildman–Crippen MR) is 147 cm³/mol. The maximum atomic E-state index is 12.7. The highest BCUT2D eigenvalue weighted by molar-refractivity contribution is 5.71. The second-order valence-electron chi connectivity index (χ2n) is 12.4. The highest BCUT2D eigenvalue weighted by Crippen LogP contribution is 2.55. The van der Waals surface area contributed by atoms with Gasteiger partial charge in [0, 0.05) is 6.42 Å². The standard InChI is InChI=1S/C32H48O5/c1-22-25(19-26(33)20-29(22)34)13-12-24-11-10-18-32(4)27(14-15-28(24)32)23(2)36-21-30(35)37-31(3)16-8-6-5-7-9-17-31/h12-14,23,26,28-29,33-34H,1,5-11,15-21H2,2-4H3/b24-12+,25-13-/t23?,26-,28+,29+,32-/m1/s1. The lowest BCUT2D eigenvalue weighted by Gasteiger charge is -2.42. The molecular weight excluding hydrogens is 464 g/mol. The van der Waals surface area contributed by atoms with Crippen molar-refractivity contribution in [1.29, 1.82) is 0 Å². The van der Waals surface area contributed by atoms with E-state index >= 15 is 0 Å². The third kappa shape index (κ3) is 6.66. The zero-order chi connectivity index (χ0) is 26.6. The van der Waals surface area contributed by atoms with E-state index in [1.54, 1.807) is 0 Å². The number of aliphatic hydroxyl groups excluding tert-OH is 2. The normalized spacial score (nSPS) is 35.4. The van der Waals surface area contributed by atoms with Crippen molar-refractivity contribution < 1.29 is 24.5 Å². The molecule has 1 unspecified atom stereocenters. The van der Waals surface area contributed by atoms with Crippen LogP contribution in [0.5, 0.6) is 0 Å². The predicted octanol–water partition coefficient (Wildman–Crippen LogP) is 6.50. The number of esters is 1. The molecule has 5 nitrogen and oxygen atoms in total. The molecular formula is C32H48O5. The van der Waals surface area contributed by atoms with Crippen molar-refractivity contribution in [3.63, 3.8) is 0 Å². The first kappa shape index (κ1) is 28.3. The van der Waals surface area contributed by atoms with Gasteiger partial charge in [0.05, 0.1) is 18.3 Å². The van der Waals surface area contributed by atoms with Gasteiger partial charge >= 0.3 is 5.97 Å². The van der Waals surface area contributed by atoms with Crippen LogP contribution in [0.25, 0.3) is 0 Å². The first-order valence-electron chi connectivity index (χ1n) is 14.6.